The van der Waals surface area contributed by atoms with Gasteiger partial charge < -0.3 is 4.42 Å². The van der Waals surface area contributed by atoms with Crippen LogP contribution in [0.4, 0.5) is 0 Å². The van der Waals surface area contributed by atoms with Gasteiger partial charge in [-0.15, -0.1) is 0 Å². The summed E-state index contributed by atoms with van der Waals surface area (Å²) in [6.45, 7) is 0. The van der Waals surface area contributed by atoms with Crippen molar-refractivity contribution in [1.29, 1.82) is 0 Å². The predicted molar refractivity (Wildman–Crippen MR) is 111 cm³/mol. The molecule has 0 aliphatic rings. The van der Waals surface area contributed by atoms with Gasteiger partial charge in [0.25, 0.3) is 0 Å². The average Bonchev–Trinajstić information content (AvgIpc) is 3.07. The summed E-state index contributed by atoms with van der Waals surface area (Å²) in [4.78, 5) is 0. The van der Waals surface area contributed by atoms with E-state index in [2.05, 4.69) is 76.6 Å². The summed E-state index contributed by atoms with van der Waals surface area (Å²) in [6, 6.07) is 32.4. The van der Waals surface area contributed by atoms with Gasteiger partial charge in [-0.05, 0) is 59.2 Å². The summed E-state index contributed by atoms with van der Waals surface area (Å²) in [5, 5.41) is 2.30. The highest BCUT2D eigenvalue weighted by Gasteiger charge is 2.12. The van der Waals surface area contributed by atoms with Crippen LogP contribution in [0.3, 0.4) is 0 Å². The first-order valence-corrected chi connectivity index (χ1v) is 9.27. The van der Waals surface area contributed by atoms with Gasteiger partial charge in [0.2, 0.25) is 0 Å². The van der Waals surface area contributed by atoms with E-state index in [0.717, 1.165) is 43.1 Å². The normalized spacial score (nSPS) is 11.3. The third-order valence-corrected chi connectivity index (χ3v) is 5.21. The first-order valence-electron chi connectivity index (χ1n) is 8.47. The van der Waals surface area contributed by atoms with E-state index in [1.165, 1.54) is 5.56 Å². The first kappa shape index (κ1) is 15.4. The van der Waals surface area contributed by atoms with Crippen LogP contribution in [0.2, 0.25) is 0 Å². The molecule has 123 valence electrons. The third kappa shape index (κ3) is 2.54. The van der Waals surface area contributed by atoms with E-state index in [9.17, 15) is 0 Å². The molecule has 0 aliphatic heterocycles. The number of halogens is 1. The summed E-state index contributed by atoms with van der Waals surface area (Å²) in [5.74, 6) is 0. The van der Waals surface area contributed by atoms with Crippen LogP contribution in [0, 0.1) is 6.07 Å². The summed E-state index contributed by atoms with van der Waals surface area (Å²) in [7, 11) is 0. The molecule has 1 radical (unpaired) electrons. The molecule has 0 bridgehead atoms. The second kappa shape index (κ2) is 6.15. The first-order chi connectivity index (χ1) is 12.8. The molecule has 0 atom stereocenters. The zero-order valence-electron chi connectivity index (χ0n) is 13.9. The van der Waals surface area contributed by atoms with E-state index >= 15 is 0 Å². The van der Waals surface area contributed by atoms with Gasteiger partial charge in [-0.3, -0.25) is 0 Å². The largest absolute Gasteiger partial charge is 0.455 e. The Morgan fingerprint density at radius 3 is 2.35 bits per heavy atom. The molecular formula is C24H14BrO. The Labute approximate surface area is 160 Å². The van der Waals surface area contributed by atoms with Crippen molar-refractivity contribution in [3.05, 3.63) is 95.5 Å². The zero-order valence-corrected chi connectivity index (χ0v) is 15.5. The topological polar surface area (TPSA) is 13.1 Å². The Morgan fingerprint density at radius 1 is 0.692 bits per heavy atom. The molecule has 0 aliphatic carbocycles. The zero-order chi connectivity index (χ0) is 17.5. The predicted octanol–water partition coefficient (Wildman–Crippen LogP) is 7.48. The van der Waals surface area contributed by atoms with Crippen LogP contribution in [0.5, 0.6) is 0 Å². The fraction of sp³-hybridized carbons (Fsp3) is 0. The van der Waals surface area contributed by atoms with E-state index in [1.807, 2.05) is 30.3 Å². The maximum absolute atomic E-state index is 6.18. The van der Waals surface area contributed by atoms with Gasteiger partial charge in [-0.2, -0.15) is 0 Å². The van der Waals surface area contributed by atoms with E-state index in [1.54, 1.807) is 0 Å². The van der Waals surface area contributed by atoms with Gasteiger partial charge >= 0.3 is 0 Å². The molecule has 5 aromatic rings. The summed E-state index contributed by atoms with van der Waals surface area (Å²) >= 11 is 3.49. The molecule has 5 rings (SSSR count). The minimum Gasteiger partial charge on any atom is -0.455 e. The average molecular weight is 398 g/mol. The minimum atomic E-state index is 0.919. The summed E-state index contributed by atoms with van der Waals surface area (Å²) < 4.78 is 7.26. The van der Waals surface area contributed by atoms with Crippen LogP contribution >= 0.6 is 15.9 Å². The highest BCUT2D eigenvalue weighted by Crippen LogP contribution is 2.36. The number of furan rings is 1. The van der Waals surface area contributed by atoms with Crippen LogP contribution in [-0.4, -0.2) is 0 Å². The molecule has 0 saturated carbocycles. The molecule has 0 amide bonds. The van der Waals surface area contributed by atoms with Crippen molar-refractivity contribution in [3.8, 4) is 22.3 Å². The standard InChI is InChI=1S/C24H14BrO/c25-19-13-11-16(12-14-19)17-5-3-6-18(15-17)20-8-4-9-22-21-7-1-2-10-23(21)26-24(20)22/h1-2,4-15H. The van der Waals surface area contributed by atoms with Gasteiger partial charge in [-0.25, -0.2) is 0 Å². The lowest BCUT2D eigenvalue weighted by molar-refractivity contribution is 0.670. The quantitative estimate of drug-likeness (QED) is 0.300. The third-order valence-electron chi connectivity index (χ3n) is 4.68. The van der Waals surface area contributed by atoms with Crippen molar-refractivity contribution in [2.75, 3.05) is 0 Å². The second-order valence-electron chi connectivity index (χ2n) is 6.30. The van der Waals surface area contributed by atoms with Gasteiger partial charge in [0.1, 0.15) is 11.2 Å². The fourth-order valence-corrected chi connectivity index (χ4v) is 3.68. The number of hydrogen-bond donors (Lipinski definition) is 0. The molecule has 26 heavy (non-hydrogen) atoms. The number of fused-ring (bicyclic) bond motifs is 3. The van der Waals surface area contributed by atoms with Crippen LogP contribution in [0.1, 0.15) is 0 Å². The molecule has 0 spiro atoms. The van der Waals surface area contributed by atoms with Crippen molar-refractivity contribution in [2.24, 2.45) is 0 Å². The van der Waals surface area contributed by atoms with Crippen LogP contribution in [0.25, 0.3) is 44.2 Å². The molecule has 0 N–H and O–H groups in total. The highest BCUT2D eigenvalue weighted by atomic mass is 79.9. The summed E-state index contributed by atoms with van der Waals surface area (Å²) in [6.07, 6.45) is 0. The Kier molecular flexibility index (Phi) is 3.65. The molecule has 2 heteroatoms. The molecule has 0 fully saturated rings. The van der Waals surface area contributed by atoms with Crippen molar-refractivity contribution < 1.29 is 4.42 Å². The maximum Gasteiger partial charge on any atom is 0.143 e. The van der Waals surface area contributed by atoms with Gasteiger partial charge in [0.15, 0.2) is 0 Å². The molecule has 1 heterocycles. The van der Waals surface area contributed by atoms with Crippen molar-refractivity contribution in [1.82, 2.24) is 0 Å². The Balaban J connectivity index is 1.71. The van der Waals surface area contributed by atoms with Crippen molar-refractivity contribution in [2.45, 2.75) is 0 Å². The monoisotopic (exact) mass is 397 g/mol. The maximum atomic E-state index is 6.18. The Bertz CT molecular complexity index is 1230. The second-order valence-corrected chi connectivity index (χ2v) is 7.21. The van der Waals surface area contributed by atoms with E-state index in [0.29, 0.717) is 0 Å². The van der Waals surface area contributed by atoms with E-state index in [-0.39, 0.29) is 0 Å². The van der Waals surface area contributed by atoms with Crippen LogP contribution in [0.15, 0.2) is 93.8 Å². The Hall–Kier alpha value is -2.84. The van der Waals surface area contributed by atoms with Crippen molar-refractivity contribution >= 4 is 37.9 Å². The van der Waals surface area contributed by atoms with Gasteiger partial charge in [0, 0.05) is 20.8 Å². The van der Waals surface area contributed by atoms with E-state index in [4.69, 9.17) is 4.42 Å². The van der Waals surface area contributed by atoms with Gasteiger partial charge in [-0.1, -0.05) is 64.5 Å². The Morgan fingerprint density at radius 2 is 1.46 bits per heavy atom. The van der Waals surface area contributed by atoms with E-state index < -0.39 is 0 Å². The molecular weight excluding hydrogens is 384 g/mol. The lowest BCUT2D eigenvalue weighted by Gasteiger charge is -2.07. The highest BCUT2D eigenvalue weighted by molar-refractivity contribution is 9.10. The number of benzene rings is 4. The van der Waals surface area contributed by atoms with Crippen molar-refractivity contribution in [3.63, 3.8) is 0 Å². The molecule has 0 saturated heterocycles. The minimum absolute atomic E-state index is 0.919. The lowest BCUT2D eigenvalue weighted by atomic mass is 9.98. The fourth-order valence-electron chi connectivity index (χ4n) is 3.41. The lowest BCUT2D eigenvalue weighted by Crippen LogP contribution is -1.82. The molecule has 0 unspecified atom stereocenters. The SMILES string of the molecule is Brc1ccc(-c2c[c]cc(-c3cccc4c3oc3ccccc34)c2)cc1. The van der Waals surface area contributed by atoms with Crippen LogP contribution < -0.4 is 0 Å². The molecule has 1 aromatic heterocycles. The summed E-state index contributed by atoms with van der Waals surface area (Å²) in [5.41, 5.74) is 6.35. The number of hydrogen-bond acceptors (Lipinski definition) is 1. The van der Waals surface area contributed by atoms with Crippen LogP contribution in [-0.2, 0) is 0 Å². The number of rotatable bonds is 2. The van der Waals surface area contributed by atoms with Gasteiger partial charge in [0.05, 0.1) is 0 Å². The molecule has 4 aromatic carbocycles. The smallest absolute Gasteiger partial charge is 0.143 e. The number of para-hydroxylation sites is 2. The molecule has 1 nitrogen and oxygen atoms in total.